The number of carbonyl (C=O) groups excluding carboxylic acids is 1. The highest BCUT2D eigenvalue weighted by molar-refractivity contribution is 7.13. The number of hydrogen-bond donors (Lipinski definition) is 2. The van der Waals surface area contributed by atoms with E-state index in [2.05, 4.69) is 15.6 Å². The van der Waals surface area contributed by atoms with E-state index >= 15 is 0 Å². The maximum absolute atomic E-state index is 12.0. The predicted octanol–water partition coefficient (Wildman–Crippen LogP) is 2.89. The number of hydrogen-bond acceptors (Lipinski definition) is 4. The van der Waals surface area contributed by atoms with Crippen molar-refractivity contribution in [3.63, 3.8) is 0 Å². The molecule has 0 bridgehead atoms. The van der Waals surface area contributed by atoms with Gasteiger partial charge in [-0.1, -0.05) is 12.1 Å². The Labute approximate surface area is 122 Å². The van der Waals surface area contributed by atoms with Crippen molar-refractivity contribution in [3.05, 3.63) is 35.8 Å². The van der Waals surface area contributed by atoms with Crippen molar-refractivity contribution < 1.29 is 4.79 Å². The molecule has 1 amide bonds. The third-order valence-electron chi connectivity index (χ3n) is 3.42. The SMILES string of the molecule is O=C(CC1CCCN1)Nc1cccc(-c2nccs2)c1. The minimum absolute atomic E-state index is 0.0701. The van der Waals surface area contributed by atoms with E-state index < -0.39 is 0 Å². The van der Waals surface area contributed by atoms with Gasteiger partial charge in [-0.15, -0.1) is 11.3 Å². The van der Waals surface area contributed by atoms with E-state index in [0.29, 0.717) is 12.5 Å². The fourth-order valence-corrected chi connectivity index (χ4v) is 3.10. The molecule has 3 rings (SSSR count). The fourth-order valence-electron chi connectivity index (χ4n) is 2.46. The molecule has 5 heteroatoms. The van der Waals surface area contributed by atoms with Crippen molar-refractivity contribution in [1.29, 1.82) is 0 Å². The monoisotopic (exact) mass is 287 g/mol. The summed E-state index contributed by atoms with van der Waals surface area (Å²) in [4.78, 5) is 16.3. The second-order valence-electron chi connectivity index (χ2n) is 4.96. The highest BCUT2D eigenvalue weighted by Crippen LogP contribution is 2.24. The number of nitrogens with zero attached hydrogens (tertiary/aromatic N) is 1. The molecule has 0 radical (unpaired) electrons. The van der Waals surface area contributed by atoms with Crippen LogP contribution in [0.1, 0.15) is 19.3 Å². The molecule has 1 saturated heterocycles. The Morgan fingerprint density at radius 3 is 3.20 bits per heavy atom. The van der Waals surface area contributed by atoms with E-state index in [1.807, 2.05) is 29.6 Å². The third-order valence-corrected chi connectivity index (χ3v) is 4.24. The molecule has 104 valence electrons. The number of amides is 1. The minimum Gasteiger partial charge on any atom is -0.326 e. The Kier molecular flexibility index (Phi) is 4.08. The largest absolute Gasteiger partial charge is 0.326 e. The molecule has 0 spiro atoms. The van der Waals surface area contributed by atoms with Gasteiger partial charge in [0.25, 0.3) is 0 Å². The summed E-state index contributed by atoms with van der Waals surface area (Å²) in [5, 5.41) is 9.23. The van der Waals surface area contributed by atoms with Gasteiger partial charge in [0.1, 0.15) is 5.01 Å². The van der Waals surface area contributed by atoms with Crippen molar-refractivity contribution in [2.45, 2.75) is 25.3 Å². The highest BCUT2D eigenvalue weighted by Gasteiger charge is 2.17. The molecule has 1 fully saturated rings. The van der Waals surface area contributed by atoms with Crippen molar-refractivity contribution >= 4 is 22.9 Å². The van der Waals surface area contributed by atoms with Crippen molar-refractivity contribution in [2.75, 3.05) is 11.9 Å². The number of rotatable bonds is 4. The Balaban J connectivity index is 1.65. The van der Waals surface area contributed by atoms with Gasteiger partial charge in [0.15, 0.2) is 0 Å². The van der Waals surface area contributed by atoms with Crippen LogP contribution in [0, 0.1) is 0 Å². The summed E-state index contributed by atoms with van der Waals surface area (Å²) in [5.74, 6) is 0.0701. The number of thiazole rings is 1. The molecular weight excluding hydrogens is 270 g/mol. The van der Waals surface area contributed by atoms with Crippen LogP contribution in [0.4, 0.5) is 5.69 Å². The topological polar surface area (TPSA) is 54.0 Å². The highest BCUT2D eigenvalue weighted by atomic mass is 32.1. The van der Waals surface area contributed by atoms with Gasteiger partial charge in [0.2, 0.25) is 5.91 Å². The first-order chi connectivity index (χ1) is 9.81. The lowest BCUT2D eigenvalue weighted by Crippen LogP contribution is -2.27. The Morgan fingerprint density at radius 2 is 2.45 bits per heavy atom. The molecule has 0 saturated carbocycles. The molecule has 20 heavy (non-hydrogen) atoms. The van der Waals surface area contributed by atoms with Crippen LogP contribution in [0.5, 0.6) is 0 Å². The average Bonchev–Trinajstić information content (AvgIpc) is 3.11. The van der Waals surface area contributed by atoms with E-state index in [0.717, 1.165) is 35.6 Å². The molecule has 1 atom stereocenters. The summed E-state index contributed by atoms with van der Waals surface area (Å²) in [6.45, 7) is 1.03. The minimum atomic E-state index is 0.0701. The number of benzene rings is 1. The molecule has 1 aliphatic rings. The van der Waals surface area contributed by atoms with Crippen LogP contribution in [0.25, 0.3) is 10.6 Å². The lowest BCUT2D eigenvalue weighted by molar-refractivity contribution is -0.116. The van der Waals surface area contributed by atoms with Gasteiger partial charge in [-0.3, -0.25) is 4.79 Å². The molecule has 4 nitrogen and oxygen atoms in total. The second-order valence-corrected chi connectivity index (χ2v) is 5.86. The Hall–Kier alpha value is -1.72. The normalized spacial score (nSPS) is 18.1. The van der Waals surface area contributed by atoms with Crippen LogP contribution in [0.2, 0.25) is 0 Å². The van der Waals surface area contributed by atoms with E-state index in [9.17, 15) is 4.79 Å². The first kappa shape index (κ1) is 13.3. The second kappa shape index (κ2) is 6.15. The van der Waals surface area contributed by atoms with Crippen molar-refractivity contribution in [3.8, 4) is 10.6 Å². The third kappa shape index (κ3) is 3.23. The summed E-state index contributed by atoms with van der Waals surface area (Å²) >= 11 is 1.60. The van der Waals surface area contributed by atoms with E-state index in [1.165, 1.54) is 0 Å². The van der Waals surface area contributed by atoms with E-state index in [1.54, 1.807) is 17.5 Å². The van der Waals surface area contributed by atoms with Gasteiger partial charge < -0.3 is 10.6 Å². The zero-order valence-electron chi connectivity index (χ0n) is 11.1. The smallest absolute Gasteiger partial charge is 0.225 e. The summed E-state index contributed by atoms with van der Waals surface area (Å²) in [7, 11) is 0. The molecule has 1 aromatic carbocycles. The van der Waals surface area contributed by atoms with Crippen LogP contribution in [0.15, 0.2) is 35.8 Å². The van der Waals surface area contributed by atoms with Crippen LogP contribution in [-0.2, 0) is 4.79 Å². The molecule has 2 aromatic rings. The lowest BCUT2D eigenvalue weighted by Gasteiger charge is -2.11. The lowest BCUT2D eigenvalue weighted by atomic mass is 10.1. The molecule has 1 unspecified atom stereocenters. The molecular formula is C15H17N3OS. The summed E-state index contributed by atoms with van der Waals surface area (Å²) in [5.41, 5.74) is 1.87. The van der Waals surface area contributed by atoms with Gasteiger partial charge in [-0.25, -0.2) is 4.98 Å². The Morgan fingerprint density at radius 1 is 1.50 bits per heavy atom. The quantitative estimate of drug-likeness (QED) is 0.909. The van der Waals surface area contributed by atoms with Crippen LogP contribution < -0.4 is 10.6 Å². The maximum Gasteiger partial charge on any atom is 0.225 e. The first-order valence-electron chi connectivity index (χ1n) is 6.84. The van der Waals surface area contributed by atoms with Gasteiger partial charge in [-0.2, -0.15) is 0 Å². The zero-order chi connectivity index (χ0) is 13.8. The van der Waals surface area contributed by atoms with Gasteiger partial charge in [0, 0.05) is 35.3 Å². The van der Waals surface area contributed by atoms with Crippen molar-refractivity contribution in [1.82, 2.24) is 10.3 Å². The molecule has 2 N–H and O–H groups in total. The van der Waals surface area contributed by atoms with Gasteiger partial charge in [0.05, 0.1) is 0 Å². The standard InChI is InChI=1S/C15H17N3OS/c19-14(10-12-5-2-6-16-12)18-13-4-1-3-11(9-13)15-17-7-8-20-15/h1,3-4,7-9,12,16H,2,5-6,10H2,(H,18,19). The molecule has 0 aliphatic carbocycles. The van der Waals surface area contributed by atoms with E-state index in [-0.39, 0.29) is 5.91 Å². The molecule has 2 heterocycles. The predicted molar refractivity (Wildman–Crippen MR) is 81.8 cm³/mol. The van der Waals surface area contributed by atoms with E-state index in [4.69, 9.17) is 0 Å². The molecule has 1 aromatic heterocycles. The van der Waals surface area contributed by atoms with Gasteiger partial charge >= 0.3 is 0 Å². The summed E-state index contributed by atoms with van der Waals surface area (Å²) in [6, 6.07) is 8.17. The van der Waals surface area contributed by atoms with Crippen LogP contribution in [0.3, 0.4) is 0 Å². The average molecular weight is 287 g/mol. The molecule has 1 aliphatic heterocycles. The zero-order valence-corrected chi connectivity index (χ0v) is 12.0. The summed E-state index contributed by atoms with van der Waals surface area (Å²) < 4.78 is 0. The number of aromatic nitrogens is 1. The van der Waals surface area contributed by atoms with Crippen LogP contribution >= 0.6 is 11.3 Å². The summed E-state index contributed by atoms with van der Waals surface area (Å²) in [6.07, 6.45) is 4.59. The first-order valence-corrected chi connectivity index (χ1v) is 7.72. The van der Waals surface area contributed by atoms with Crippen molar-refractivity contribution in [2.24, 2.45) is 0 Å². The Bertz CT molecular complexity index is 577. The van der Waals surface area contributed by atoms with Gasteiger partial charge in [-0.05, 0) is 31.5 Å². The number of carbonyl (C=O) groups is 1. The maximum atomic E-state index is 12.0. The fraction of sp³-hybridized carbons (Fsp3) is 0.333. The number of nitrogens with one attached hydrogen (secondary N) is 2. The number of anilines is 1. The van der Waals surface area contributed by atoms with Crippen LogP contribution in [-0.4, -0.2) is 23.5 Å².